The molecular formula is C54H59N11O8. The molecule has 0 bridgehead atoms. The molecule has 1 aromatic carbocycles. The van der Waals surface area contributed by atoms with Gasteiger partial charge in [-0.2, -0.15) is 0 Å². The maximum atomic E-state index is 14.0. The topological polar surface area (TPSA) is 208 Å². The molecule has 7 aliphatic rings. The lowest BCUT2D eigenvalue weighted by molar-refractivity contribution is -0.136. The van der Waals surface area contributed by atoms with Crippen molar-refractivity contribution in [3.63, 3.8) is 0 Å². The molecule has 10 heterocycles. The van der Waals surface area contributed by atoms with E-state index in [0.29, 0.717) is 77.7 Å². The predicted molar refractivity (Wildman–Crippen MR) is 270 cm³/mol. The normalized spacial score (nSPS) is 23.8. The molecule has 4 aromatic heterocycles. The maximum absolute atomic E-state index is 14.0. The van der Waals surface area contributed by atoms with Gasteiger partial charge in [-0.3, -0.25) is 53.7 Å². The lowest BCUT2D eigenvalue weighted by atomic mass is 9.90. The zero-order valence-electron chi connectivity index (χ0n) is 41.5. The van der Waals surface area contributed by atoms with Crippen LogP contribution in [0.15, 0.2) is 65.8 Å². The molecule has 4 atom stereocenters. The van der Waals surface area contributed by atoms with E-state index in [2.05, 4.69) is 55.7 Å². The highest BCUT2D eigenvalue weighted by molar-refractivity contribution is 6.24. The molecule has 0 saturated carbocycles. The third-order valence-electron chi connectivity index (χ3n) is 16.3. The van der Waals surface area contributed by atoms with Crippen molar-refractivity contribution in [2.45, 2.75) is 103 Å². The maximum Gasteiger partial charge on any atom is 0.276 e. The Labute approximate surface area is 421 Å². The van der Waals surface area contributed by atoms with Gasteiger partial charge in [0.1, 0.15) is 41.4 Å². The summed E-state index contributed by atoms with van der Waals surface area (Å²) in [6.07, 6.45) is 9.09. The zero-order valence-corrected chi connectivity index (χ0v) is 41.5. The van der Waals surface area contributed by atoms with Gasteiger partial charge in [0, 0.05) is 112 Å². The molecule has 1 unspecified atom stereocenters. The van der Waals surface area contributed by atoms with E-state index in [1.165, 1.54) is 15.8 Å². The second-order valence-corrected chi connectivity index (χ2v) is 21.6. The number of hydrogen-bond acceptors (Lipinski definition) is 14. The first-order valence-electron chi connectivity index (χ1n) is 25.5. The van der Waals surface area contributed by atoms with E-state index in [-0.39, 0.29) is 59.5 Å². The van der Waals surface area contributed by atoms with Crippen LogP contribution in [0.5, 0.6) is 5.75 Å². The number of aliphatic hydroxyl groups excluding tert-OH is 1. The Bertz CT molecular complexity index is 3220. The van der Waals surface area contributed by atoms with Crippen LogP contribution in [0.2, 0.25) is 0 Å². The molecule has 73 heavy (non-hydrogen) atoms. The summed E-state index contributed by atoms with van der Waals surface area (Å²) in [4.78, 5) is 98.9. The minimum absolute atomic E-state index is 0.0565. The predicted octanol–water partition coefficient (Wildman–Crippen LogP) is 4.00. The fraction of sp³-hybridized carbons (Fsp3) is 0.444. The summed E-state index contributed by atoms with van der Waals surface area (Å²) in [5, 5.41) is 16.3. The van der Waals surface area contributed by atoms with Crippen LogP contribution < -0.4 is 30.7 Å². The summed E-state index contributed by atoms with van der Waals surface area (Å²) < 4.78 is 10.1. The van der Waals surface area contributed by atoms with Crippen LogP contribution in [-0.2, 0) is 49.2 Å². The van der Waals surface area contributed by atoms with Gasteiger partial charge in [0.25, 0.3) is 23.3 Å². The van der Waals surface area contributed by atoms with Gasteiger partial charge >= 0.3 is 0 Å². The summed E-state index contributed by atoms with van der Waals surface area (Å²) >= 11 is 0. The average Bonchev–Trinajstić information content (AvgIpc) is 3.90. The molecule has 0 spiro atoms. The van der Waals surface area contributed by atoms with Crippen LogP contribution in [-0.4, -0.2) is 132 Å². The van der Waals surface area contributed by atoms with Crippen molar-refractivity contribution in [2.75, 3.05) is 54.4 Å². The molecular weight excluding hydrogens is 931 g/mol. The van der Waals surface area contributed by atoms with Gasteiger partial charge in [-0.1, -0.05) is 19.9 Å². The van der Waals surface area contributed by atoms with Crippen LogP contribution in [0, 0.1) is 5.41 Å². The number of nitrogens with zero attached hydrogens (tertiary/aromatic N) is 9. The van der Waals surface area contributed by atoms with Gasteiger partial charge in [-0.25, -0.2) is 9.97 Å². The molecule has 1 aliphatic carbocycles. The highest BCUT2D eigenvalue weighted by Gasteiger charge is 2.48. The molecule has 378 valence electrons. The van der Waals surface area contributed by atoms with Crippen molar-refractivity contribution in [3.8, 4) is 16.9 Å². The number of hydrogen-bond donors (Lipinski definition) is 3. The molecule has 3 fully saturated rings. The highest BCUT2D eigenvalue weighted by atomic mass is 16.5. The van der Waals surface area contributed by atoms with E-state index < -0.39 is 29.7 Å². The molecule has 3 N–H and O–H groups in total. The van der Waals surface area contributed by atoms with E-state index in [9.17, 15) is 33.9 Å². The Balaban J connectivity index is 0.690. The number of aryl methyl sites for hydroxylation is 1. The molecule has 0 radical (unpaired) electrons. The number of aliphatic hydroxyl groups is 1. The number of imide groups is 2. The van der Waals surface area contributed by atoms with Crippen LogP contribution in [0.3, 0.4) is 0 Å². The van der Waals surface area contributed by atoms with Crippen molar-refractivity contribution in [1.29, 1.82) is 0 Å². The van der Waals surface area contributed by atoms with Crippen LogP contribution in [0.1, 0.15) is 100 Å². The lowest BCUT2D eigenvalue weighted by Gasteiger charge is -2.48. The Morgan fingerprint density at radius 3 is 2.49 bits per heavy atom. The quantitative estimate of drug-likeness (QED) is 0.188. The number of carbonyl (C=O) groups is 5. The number of pyridine rings is 3. The largest absolute Gasteiger partial charge is 0.491 e. The lowest BCUT2D eigenvalue weighted by Crippen LogP contribution is -2.58. The van der Waals surface area contributed by atoms with Crippen molar-refractivity contribution in [3.05, 3.63) is 111 Å². The number of piperidine rings is 2. The molecule has 5 aromatic rings. The number of rotatable bonds is 8. The van der Waals surface area contributed by atoms with Crippen molar-refractivity contribution < 1.29 is 33.8 Å². The number of nitrogens with one attached hydrogen (secondary N) is 2. The average molecular weight is 990 g/mol. The van der Waals surface area contributed by atoms with E-state index >= 15 is 0 Å². The third kappa shape index (κ3) is 7.99. The monoisotopic (exact) mass is 989 g/mol. The fourth-order valence-corrected chi connectivity index (χ4v) is 12.7. The van der Waals surface area contributed by atoms with Crippen molar-refractivity contribution >= 4 is 52.5 Å². The summed E-state index contributed by atoms with van der Waals surface area (Å²) in [5.41, 5.74) is 7.45. The first kappa shape index (κ1) is 46.8. The van der Waals surface area contributed by atoms with Crippen LogP contribution in [0.25, 0.3) is 11.1 Å². The standard InChI is InChI=1S/C54H59N11O8/c1-30-25-61(34-12-14-60-27-31-5-7-38-46(47(31)73-29-36(60)21-34)53(72)65(50(38)69)41-8-10-45(67)58-49(41)68)15-16-62(30)35-6-9-44(56-24-35)57-40-19-33(26-59(4)51(40)70)37-11-13-55-48(39(37)28-66)64-18-17-63-42(52(64)71)20-32-22-54(2,3)23-43(32)63/h5-7,9,11,13,19-20,24,26,30,34,36,41,66H,8,10,12,14-18,21-23,25,27-29H2,1-4H3,(H,56,57)(H,58,67,68)/t30-,34-,36+,41?/m0/s1. The number of ether oxygens (including phenoxy) is 1. The van der Waals surface area contributed by atoms with Crippen LogP contribution >= 0.6 is 0 Å². The minimum atomic E-state index is -1.04. The number of piperazine rings is 1. The Morgan fingerprint density at radius 2 is 1.71 bits per heavy atom. The number of anilines is 4. The number of amides is 5. The van der Waals surface area contributed by atoms with E-state index in [0.717, 1.165) is 68.0 Å². The van der Waals surface area contributed by atoms with E-state index in [1.807, 2.05) is 30.5 Å². The van der Waals surface area contributed by atoms with Gasteiger partial charge in [0.05, 0.1) is 29.6 Å². The Kier molecular flexibility index (Phi) is 11.4. The van der Waals surface area contributed by atoms with Crippen molar-refractivity contribution in [2.24, 2.45) is 12.5 Å². The Hall–Kier alpha value is -7.22. The minimum Gasteiger partial charge on any atom is -0.491 e. The smallest absolute Gasteiger partial charge is 0.276 e. The summed E-state index contributed by atoms with van der Waals surface area (Å²) in [6, 6.07) is 12.6. The van der Waals surface area contributed by atoms with Gasteiger partial charge in [0.2, 0.25) is 11.8 Å². The van der Waals surface area contributed by atoms with Gasteiger partial charge in [-0.15, -0.1) is 0 Å². The number of fused-ring (bicyclic) bond motifs is 7. The first-order valence-corrected chi connectivity index (χ1v) is 25.5. The number of benzene rings is 1. The third-order valence-corrected chi connectivity index (χ3v) is 16.3. The second-order valence-electron chi connectivity index (χ2n) is 21.6. The molecule has 5 amide bonds. The molecule has 12 rings (SSSR count). The number of carbonyl (C=O) groups excluding carboxylic acids is 5. The second kappa shape index (κ2) is 17.8. The van der Waals surface area contributed by atoms with Gasteiger partial charge in [0.15, 0.2) is 0 Å². The summed E-state index contributed by atoms with van der Waals surface area (Å²) in [5.74, 6) is -0.962. The van der Waals surface area contributed by atoms with Crippen molar-refractivity contribution in [1.82, 2.24) is 39.1 Å². The van der Waals surface area contributed by atoms with Gasteiger partial charge in [-0.05, 0) is 92.0 Å². The fourth-order valence-electron chi connectivity index (χ4n) is 12.7. The molecule has 3 saturated heterocycles. The van der Waals surface area contributed by atoms with E-state index in [4.69, 9.17) is 9.72 Å². The van der Waals surface area contributed by atoms with Crippen LogP contribution in [0.4, 0.5) is 23.0 Å². The van der Waals surface area contributed by atoms with E-state index in [1.54, 1.807) is 42.5 Å². The number of aromatic nitrogens is 4. The van der Waals surface area contributed by atoms with Gasteiger partial charge < -0.3 is 29.2 Å². The molecule has 19 nitrogen and oxygen atoms in total. The molecule has 6 aliphatic heterocycles. The SMILES string of the molecule is C[C@H]1CN([C@H]2CCN3Cc4ccc5c(c4OC[C@H]3C2)C(=O)N(C2CCC(=O)NC2=O)C5=O)CCN1c1ccc(Nc2cc(-c3ccnc(N4CCn5c(cc6c5CC(C)(C)C6)C4=O)c3CO)cn(C)c2=O)nc1. The summed E-state index contributed by atoms with van der Waals surface area (Å²) in [6.45, 7) is 11.8. The zero-order chi connectivity index (χ0) is 50.6. The molecule has 19 heteroatoms. The Morgan fingerprint density at radius 1 is 0.863 bits per heavy atom. The first-order chi connectivity index (χ1) is 35.1. The summed E-state index contributed by atoms with van der Waals surface area (Å²) in [7, 11) is 1.68. The highest BCUT2D eigenvalue weighted by Crippen LogP contribution is 2.42.